The lowest BCUT2D eigenvalue weighted by Crippen LogP contribution is -1.97. The van der Waals surface area contributed by atoms with Crippen molar-refractivity contribution in [2.75, 3.05) is 17.2 Å². The minimum atomic E-state index is 0.310. The fraction of sp³-hybridized carbons (Fsp3) is 0.130. The van der Waals surface area contributed by atoms with E-state index < -0.39 is 0 Å². The van der Waals surface area contributed by atoms with E-state index in [4.69, 9.17) is 28.8 Å². The van der Waals surface area contributed by atoms with Crippen molar-refractivity contribution in [2.45, 2.75) is 20.3 Å². The van der Waals surface area contributed by atoms with Gasteiger partial charge in [0.05, 0.1) is 0 Å². The van der Waals surface area contributed by atoms with Crippen LogP contribution in [0, 0.1) is 13.8 Å². The van der Waals surface area contributed by atoms with Gasteiger partial charge in [0.2, 0.25) is 5.28 Å². The molecule has 4 rings (SSSR count). The Kier molecular flexibility index (Phi) is 9.19. The van der Waals surface area contributed by atoms with Crippen LogP contribution in [0.3, 0.4) is 0 Å². The Balaban J connectivity index is 0.000000181. The van der Waals surface area contributed by atoms with E-state index in [1.54, 1.807) is 42.7 Å². The second-order valence-corrected chi connectivity index (χ2v) is 7.00. The van der Waals surface area contributed by atoms with Gasteiger partial charge in [0.25, 0.3) is 0 Å². The first-order valence-corrected chi connectivity index (χ1v) is 9.88. The van der Waals surface area contributed by atoms with Gasteiger partial charge >= 0.3 is 0 Å². The predicted molar refractivity (Wildman–Crippen MR) is 127 cm³/mol. The first kappa shape index (κ1) is 23.6. The second kappa shape index (κ2) is 12.1. The summed E-state index contributed by atoms with van der Waals surface area (Å²) in [6.07, 6.45) is 4.17. The molecule has 31 heavy (non-hydrogen) atoms. The quantitative estimate of drug-likeness (QED) is 0.317. The third kappa shape index (κ3) is 9.56. The molecule has 0 fully saturated rings. The maximum absolute atomic E-state index is 5.61. The summed E-state index contributed by atoms with van der Waals surface area (Å²) < 4.78 is 0. The highest BCUT2D eigenvalue weighted by atomic mass is 35.5. The highest BCUT2D eigenvalue weighted by Gasteiger charge is 1.99. The Morgan fingerprint density at radius 2 is 1.10 bits per heavy atom. The molecule has 7 nitrogen and oxygen atoms in total. The maximum Gasteiger partial charge on any atom is 0.222 e. The van der Waals surface area contributed by atoms with E-state index in [9.17, 15) is 0 Å². The molecule has 0 saturated heterocycles. The summed E-state index contributed by atoms with van der Waals surface area (Å²) in [5, 5.41) is 0.310. The fourth-order valence-corrected chi connectivity index (χ4v) is 2.51. The molecule has 0 atom stereocenters. The van der Waals surface area contributed by atoms with Crippen LogP contribution in [0.2, 0.25) is 5.28 Å². The van der Waals surface area contributed by atoms with Gasteiger partial charge in [-0.2, -0.15) is 0 Å². The summed E-state index contributed by atoms with van der Waals surface area (Å²) in [5.41, 5.74) is 21.7. The lowest BCUT2D eigenvalue weighted by atomic mass is 10.1. The van der Waals surface area contributed by atoms with Gasteiger partial charge in [-0.15, -0.1) is 0 Å². The summed E-state index contributed by atoms with van der Waals surface area (Å²) in [6, 6.07) is 18.6. The Bertz CT molecular complexity index is 1030. The molecule has 4 aromatic rings. The van der Waals surface area contributed by atoms with Gasteiger partial charge in [0, 0.05) is 47.3 Å². The van der Waals surface area contributed by atoms with Gasteiger partial charge in [-0.1, -0.05) is 12.1 Å². The van der Waals surface area contributed by atoms with Crippen LogP contribution >= 0.6 is 11.6 Å². The van der Waals surface area contributed by atoms with Crippen molar-refractivity contribution in [1.82, 2.24) is 19.9 Å². The van der Waals surface area contributed by atoms with Crippen molar-refractivity contribution in [3.63, 3.8) is 0 Å². The van der Waals surface area contributed by atoms with Gasteiger partial charge in [0.1, 0.15) is 5.82 Å². The van der Waals surface area contributed by atoms with E-state index in [-0.39, 0.29) is 0 Å². The molecule has 0 aliphatic heterocycles. The Hall–Kier alpha value is -3.71. The summed E-state index contributed by atoms with van der Waals surface area (Å²) >= 11 is 5.42. The van der Waals surface area contributed by atoms with Gasteiger partial charge < -0.3 is 17.2 Å². The third-order valence-electron chi connectivity index (χ3n) is 3.89. The smallest absolute Gasteiger partial charge is 0.222 e. The number of aryl methyl sites for hydroxylation is 2. The normalized spacial score (nSPS) is 9.65. The Labute approximate surface area is 187 Å². The number of hydrogen-bond acceptors (Lipinski definition) is 7. The van der Waals surface area contributed by atoms with Crippen molar-refractivity contribution in [1.29, 1.82) is 0 Å². The van der Waals surface area contributed by atoms with Crippen molar-refractivity contribution in [2.24, 2.45) is 0 Å². The Morgan fingerprint density at radius 3 is 1.52 bits per heavy atom. The SMILES string of the molecule is Cc1ccnc(Cc2ccc(N)cc2)n1.Cc1ccnc(Cl)n1.Nc1ccc(N)cc1. The zero-order valence-electron chi connectivity index (χ0n) is 17.5. The number of hydrogen-bond donors (Lipinski definition) is 3. The second-order valence-electron chi connectivity index (χ2n) is 6.67. The molecule has 0 saturated carbocycles. The molecule has 0 amide bonds. The zero-order valence-corrected chi connectivity index (χ0v) is 18.3. The molecule has 2 aromatic carbocycles. The van der Waals surface area contributed by atoms with Crippen LogP contribution in [0.4, 0.5) is 17.1 Å². The summed E-state index contributed by atoms with van der Waals surface area (Å²) in [5.74, 6) is 0.847. The number of aromatic nitrogens is 4. The molecule has 6 N–H and O–H groups in total. The largest absolute Gasteiger partial charge is 0.399 e. The molecular formula is C23H26ClN7. The van der Waals surface area contributed by atoms with Gasteiger partial charge in [-0.25, -0.2) is 19.9 Å². The highest BCUT2D eigenvalue weighted by Crippen LogP contribution is 2.09. The molecular weight excluding hydrogens is 410 g/mol. The fourth-order valence-electron chi connectivity index (χ4n) is 2.32. The number of nitrogens with two attached hydrogens (primary N) is 3. The van der Waals surface area contributed by atoms with Gasteiger partial charge in [0.15, 0.2) is 0 Å². The number of halogens is 1. The van der Waals surface area contributed by atoms with Crippen LogP contribution in [0.15, 0.2) is 73.1 Å². The lowest BCUT2D eigenvalue weighted by Gasteiger charge is -2.01. The first-order valence-electron chi connectivity index (χ1n) is 9.51. The van der Waals surface area contributed by atoms with E-state index in [0.717, 1.165) is 40.7 Å². The van der Waals surface area contributed by atoms with E-state index in [0.29, 0.717) is 5.28 Å². The van der Waals surface area contributed by atoms with Crippen molar-refractivity contribution < 1.29 is 0 Å². The van der Waals surface area contributed by atoms with Crippen LogP contribution in [0.25, 0.3) is 0 Å². The summed E-state index contributed by atoms with van der Waals surface area (Å²) in [7, 11) is 0. The molecule has 0 spiro atoms. The molecule has 2 heterocycles. The minimum Gasteiger partial charge on any atom is -0.399 e. The molecule has 0 bridgehead atoms. The molecule has 0 aliphatic rings. The predicted octanol–water partition coefficient (Wildman–Crippen LogP) is 4.25. The number of nitrogens with zero attached hydrogens (tertiary/aromatic N) is 4. The summed E-state index contributed by atoms with van der Waals surface area (Å²) in [6.45, 7) is 3.84. The number of benzene rings is 2. The molecule has 0 unspecified atom stereocenters. The summed E-state index contributed by atoms with van der Waals surface area (Å²) in [4.78, 5) is 16.1. The van der Waals surface area contributed by atoms with E-state index >= 15 is 0 Å². The monoisotopic (exact) mass is 435 g/mol. The van der Waals surface area contributed by atoms with Crippen molar-refractivity contribution in [3.8, 4) is 0 Å². The third-order valence-corrected chi connectivity index (χ3v) is 4.07. The first-order chi connectivity index (χ1) is 14.8. The zero-order chi connectivity index (χ0) is 22.6. The molecule has 0 radical (unpaired) electrons. The molecule has 160 valence electrons. The van der Waals surface area contributed by atoms with Crippen LogP contribution in [-0.2, 0) is 6.42 Å². The average molecular weight is 436 g/mol. The van der Waals surface area contributed by atoms with Crippen LogP contribution in [0.1, 0.15) is 22.8 Å². The molecule has 2 aromatic heterocycles. The lowest BCUT2D eigenvalue weighted by molar-refractivity contribution is 0.942. The average Bonchev–Trinajstić information content (AvgIpc) is 2.73. The van der Waals surface area contributed by atoms with Crippen LogP contribution in [-0.4, -0.2) is 19.9 Å². The van der Waals surface area contributed by atoms with E-state index in [1.165, 1.54) is 5.56 Å². The highest BCUT2D eigenvalue weighted by molar-refractivity contribution is 6.28. The number of nitrogen functional groups attached to an aromatic ring is 3. The molecule has 8 heteroatoms. The van der Waals surface area contributed by atoms with Gasteiger partial charge in [-0.3, -0.25) is 0 Å². The minimum absolute atomic E-state index is 0.310. The number of rotatable bonds is 2. The van der Waals surface area contributed by atoms with Crippen LogP contribution < -0.4 is 17.2 Å². The van der Waals surface area contributed by atoms with Crippen LogP contribution in [0.5, 0.6) is 0 Å². The molecule has 0 aliphatic carbocycles. The van der Waals surface area contributed by atoms with Crippen molar-refractivity contribution in [3.05, 3.63) is 101 Å². The van der Waals surface area contributed by atoms with Gasteiger partial charge in [-0.05, 0) is 79.5 Å². The Morgan fingerprint density at radius 1 is 0.645 bits per heavy atom. The van der Waals surface area contributed by atoms with E-state index in [1.807, 2.05) is 44.2 Å². The van der Waals surface area contributed by atoms with E-state index in [2.05, 4.69) is 19.9 Å². The topological polar surface area (TPSA) is 130 Å². The van der Waals surface area contributed by atoms with Crippen molar-refractivity contribution >= 4 is 28.7 Å². The number of anilines is 3. The standard InChI is InChI=1S/C12H13N3.C6H8N2.C5H5ClN2/c1-9-6-7-14-12(15-9)8-10-2-4-11(13)5-3-10;7-5-1-2-6(8)4-3-5;1-4-2-3-7-5(6)8-4/h2-7H,8,13H2,1H3;1-4H,7-8H2;2-3H,1H3. The maximum atomic E-state index is 5.61.